The Bertz CT molecular complexity index is 600. The van der Waals surface area contributed by atoms with Crippen LogP contribution >= 0.6 is 0 Å². The van der Waals surface area contributed by atoms with Crippen molar-refractivity contribution < 1.29 is 19.0 Å². The van der Waals surface area contributed by atoms with E-state index >= 15 is 0 Å². The summed E-state index contributed by atoms with van der Waals surface area (Å²) in [6.45, 7) is 9.70. The molecule has 0 aromatic heterocycles. The summed E-state index contributed by atoms with van der Waals surface area (Å²) < 4.78 is 18.6. The van der Waals surface area contributed by atoms with Gasteiger partial charge in [0.15, 0.2) is 11.6 Å². The summed E-state index contributed by atoms with van der Waals surface area (Å²) in [5.41, 5.74) is 0.211. The zero-order valence-electron chi connectivity index (χ0n) is 15.4. The molecule has 24 heavy (non-hydrogen) atoms. The van der Waals surface area contributed by atoms with E-state index in [2.05, 4.69) is 13.8 Å². The first-order chi connectivity index (χ1) is 11.2. The zero-order valence-corrected chi connectivity index (χ0v) is 15.4. The fraction of sp³-hybridized carbons (Fsp3) is 0.950. The zero-order chi connectivity index (χ0) is 17.0. The van der Waals surface area contributed by atoms with Gasteiger partial charge in [-0.05, 0) is 63.2 Å². The Kier molecular flexibility index (Phi) is 2.92. The van der Waals surface area contributed by atoms with Crippen LogP contribution in [0.2, 0.25) is 0 Å². The van der Waals surface area contributed by atoms with Crippen molar-refractivity contribution in [1.29, 1.82) is 0 Å². The topological polar surface area (TPSA) is 48.1 Å². The second kappa shape index (κ2) is 4.44. The Morgan fingerprint density at radius 3 is 2.50 bits per heavy atom. The van der Waals surface area contributed by atoms with Gasteiger partial charge in [0.05, 0.1) is 12.7 Å². The smallest absolute Gasteiger partial charge is 0.164 e. The van der Waals surface area contributed by atoms with E-state index in [-0.39, 0.29) is 28.6 Å². The fourth-order valence-corrected chi connectivity index (χ4v) is 7.17. The van der Waals surface area contributed by atoms with Gasteiger partial charge in [0, 0.05) is 11.8 Å². The highest BCUT2D eigenvalue weighted by atomic mass is 16.7. The van der Waals surface area contributed by atoms with Gasteiger partial charge < -0.3 is 14.2 Å². The van der Waals surface area contributed by atoms with Gasteiger partial charge in [0.2, 0.25) is 0 Å². The highest BCUT2D eigenvalue weighted by molar-refractivity contribution is 5.88. The van der Waals surface area contributed by atoms with E-state index in [4.69, 9.17) is 14.2 Å². The molecule has 3 saturated carbocycles. The van der Waals surface area contributed by atoms with E-state index < -0.39 is 5.79 Å². The average molecular weight is 334 g/mol. The van der Waals surface area contributed by atoms with Gasteiger partial charge in [-0.1, -0.05) is 13.8 Å². The number of ketones is 1. The monoisotopic (exact) mass is 334 g/mol. The molecule has 0 radical (unpaired) electrons. The third-order valence-corrected chi connectivity index (χ3v) is 8.34. The molecule has 5 rings (SSSR count). The molecule has 4 nitrogen and oxygen atoms in total. The van der Waals surface area contributed by atoms with Crippen molar-refractivity contribution in [3.05, 3.63) is 0 Å². The molecule has 5 fully saturated rings. The average Bonchev–Trinajstić information content (AvgIpc) is 3.24. The van der Waals surface area contributed by atoms with Crippen molar-refractivity contribution >= 4 is 5.78 Å². The molecule has 0 aromatic rings. The van der Waals surface area contributed by atoms with Crippen LogP contribution in [0, 0.1) is 22.7 Å². The molecule has 0 unspecified atom stereocenters. The molecule has 2 saturated heterocycles. The van der Waals surface area contributed by atoms with Gasteiger partial charge in [-0.15, -0.1) is 0 Å². The molecule has 134 valence electrons. The van der Waals surface area contributed by atoms with Crippen LogP contribution in [0.3, 0.4) is 0 Å². The van der Waals surface area contributed by atoms with Crippen LogP contribution in [0.25, 0.3) is 0 Å². The van der Waals surface area contributed by atoms with Gasteiger partial charge in [0.25, 0.3) is 0 Å². The van der Waals surface area contributed by atoms with Crippen molar-refractivity contribution in [3.63, 3.8) is 0 Å². The van der Waals surface area contributed by atoms with Crippen molar-refractivity contribution in [2.24, 2.45) is 22.7 Å². The number of carbonyl (C=O) groups is 1. The largest absolute Gasteiger partial charge is 0.357 e. The summed E-state index contributed by atoms with van der Waals surface area (Å²) in [6.07, 6.45) is 6.38. The number of Topliss-reactive ketones (excluding diaryl/α,β-unsaturated/α-hetero) is 1. The van der Waals surface area contributed by atoms with E-state index in [0.29, 0.717) is 24.0 Å². The summed E-state index contributed by atoms with van der Waals surface area (Å²) in [7, 11) is 0. The molecule has 2 heterocycles. The number of ether oxygens (including phenoxy) is 3. The van der Waals surface area contributed by atoms with Crippen LogP contribution in [0.5, 0.6) is 0 Å². The first-order valence-corrected chi connectivity index (χ1v) is 9.74. The Labute approximate surface area is 144 Å². The van der Waals surface area contributed by atoms with Crippen LogP contribution in [0.15, 0.2) is 0 Å². The lowest BCUT2D eigenvalue weighted by molar-refractivity contribution is -0.347. The molecule has 0 N–H and O–H groups in total. The molecule has 4 heteroatoms. The van der Waals surface area contributed by atoms with Crippen LogP contribution in [-0.2, 0) is 19.0 Å². The van der Waals surface area contributed by atoms with Crippen molar-refractivity contribution in [1.82, 2.24) is 0 Å². The quantitative estimate of drug-likeness (QED) is 0.637. The summed E-state index contributed by atoms with van der Waals surface area (Å²) >= 11 is 0. The molecule has 0 aromatic carbocycles. The highest BCUT2D eigenvalue weighted by Gasteiger charge is 2.74. The number of epoxide rings is 1. The lowest BCUT2D eigenvalue weighted by Crippen LogP contribution is -2.65. The molecule has 2 aliphatic heterocycles. The van der Waals surface area contributed by atoms with Gasteiger partial charge >= 0.3 is 0 Å². The van der Waals surface area contributed by atoms with Crippen LogP contribution in [0.1, 0.15) is 66.2 Å². The van der Waals surface area contributed by atoms with E-state index in [1.807, 2.05) is 13.8 Å². The Morgan fingerprint density at radius 2 is 1.71 bits per heavy atom. The minimum Gasteiger partial charge on any atom is -0.357 e. The van der Waals surface area contributed by atoms with E-state index in [1.165, 1.54) is 6.42 Å². The predicted octanol–water partition coefficient (Wildman–Crippen LogP) is 3.47. The summed E-state index contributed by atoms with van der Waals surface area (Å²) in [5, 5.41) is 0. The SMILES string of the molecule is CC1(C)OC[C@@]2(C)[C@H]3CC[C@@]45O[C@@H]4C(=O)CC[C@H]5[C@]3(C)CC[C@H]2O1. The summed E-state index contributed by atoms with van der Waals surface area (Å²) in [6, 6.07) is 0. The number of carbonyl (C=O) groups excluding carboxylic acids is 1. The molecular weight excluding hydrogens is 304 g/mol. The maximum Gasteiger partial charge on any atom is 0.164 e. The summed E-state index contributed by atoms with van der Waals surface area (Å²) in [4.78, 5) is 12.1. The number of hydrogen-bond donors (Lipinski definition) is 0. The highest BCUT2D eigenvalue weighted by Crippen LogP contribution is 2.70. The summed E-state index contributed by atoms with van der Waals surface area (Å²) in [5.74, 6) is 1.00. The minimum absolute atomic E-state index is 0.0793. The predicted molar refractivity (Wildman–Crippen MR) is 88.4 cm³/mol. The standard InChI is InChI=1S/C20H30O4/c1-17(2)22-11-19(4)13-7-10-20-14(6-5-12(21)16(20)24-20)18(13,3)9-8-15(19)23-17/h13-16H,5-11H2,1-4H3/t13-,14-,15+,16+,18+,19-,20-/m0/s1. The molecule has 0 amide bonds. The van der Waals surface area contributed by atoms with Gasteiger partial charge in [0.1, 0.15) is 11.7 Å². The Hall–Kier alpha value is -0.450. The first-order valence-electron chi connectivity index (χ1n) is 9.74. The molecule has 3 aliphatic carbocycles. The number of rotatable bonds is 0. The molecular formula is C20H30O4. The molecule has 7 atom stereocenters. The van der Waals surface area contributed by atoms with Crippen LogP contribution < -0.4 is 0 Å². The van der Waals surface area contributed by atoms with Crippen LogP contribution in [0.4, 0.5) is 0 Å². The third-order valence-electron chi connectivity index (χ3n) is 8.34. The lowest BCUT2D eigenvalue weighted by atomic mass is 9.43. The number of hydrogen-bond acceptors (Lipinski definition) is 4. The third kappa shape index (κ3) is 1.78. The maximum atomic E-state index is 12.1. The van der Waals surface area contributed by atoms with E-state index in [9.17, 15) is 4.79 Å². The lowest BCUT2D eigenvalue weighted by Gasteiger charge is -2.64. The van der Waals surface area contributed by atoms with Gasteiger partial charge in [-0.2, -0.15) is 0 Å². The van der Waals surface area contributed by atoms with Crippen molar-refractivity contribution in [2.45, 2.75) is 89.8 Å². The van der Waals surface area contributed by atoms with Gasteiger partial charge in [-0.25, -0.2) is 0 Å². The maximum absolute atomic E-state index is 12.1. The van der Waals surface area contributed by atoms with Gasteiger partial charge in [-0.3, -0.25) is 4.79 Å². The van der Waals surface area contributed by atoms with E-state index in [1.54, 1.807) is 0 Å². The van der Waals surface area contributed by atoms with Crippen molar-refractivity contribution in [2.75, 3.05) is 6.61 Å². The normalized spacial score (nSPS) is 58.1. The van der Waals surface area contributed by atoms with E-state index in [0.717, 1.165) is 32.3 Å². The molecule has 0 bridgehead atoms. The molecule has 1 spiro atoms. The minimum atomic E-state index is -0.463. The second-order valence-electron chi connectivity index (χ2n) is 9.95. The number of fused-ring (bicyclic) bond motifs is 4. The Balaban J connectivity index is 1.49. The molecule has 5 aliphatic rings. The second-order valence-corrected chi connectivity index (χ2v) is 9.95. The van der Waals surface area contributed by atoms with Crippen molar-refractivity contribution in [3.8, 4) is 0 Å². The van der Waals surface area contributed by atoms with Crippen LogP contribution in [-0.4, -0.2) is 36.0 Å². The fourth-order valence-electron chi connectivity index (χ4n) is 7.17. The Morgan fingerprint density at radius 1 is 0.917 bits per heavy atom. The first kappa shape index (κ1) is 15.8.